The number of hydrogen-bond acceptors (Lipinski definition) is 6. The fourth-order valence-electron chi connectivity index (χ4n) is 4.05. The number of allylic oxidation sites excluding steroid dienone is 9. The van der Waals surface area contributed by atoms with Gasteiger partial charge in [0, 0.05) is 22.7 Å². The molecule has 164 valence electrons. The molecule has 0 fully saturated rings. The van der Waals surface area contributed by atoms with Gasteiger partial charge in [0.2, 0.25) is 0 Å². The molecule has 0 aromatic carbocycles. The molecule has 0 spiro atoms. The molecule has 0 saturated carbocycles. The Kier molecular flexibility index (Phi) is 5.22. The highest BCUT2D eigenvalue weighted by Crippen LogP contribution is 2.34. The number of aliphatic hydroxyl groups excluding tert-OH is 1. The van der Waals surface area contributed by atoms with E-state index >= 15 is 0 Å². The van der Waals surface area contributed by atoms with E-state index in [4.69, 9.17) is 9.73 Å². The van der Waals surface area contributed by atoms with E-state index in [9.17, 15) is 9.90 Å². The molecule has 1 aromatic rings. The number of nitrogens with zero attached hydrogens (tertiary/aromatic N) is 3. The first-order valence-electron chi connectivity index (χ1n) is 10.6. The van der Waals surface area contributed by atoms with Gasteiger partial charge in [-0.1, -0.05) is 0 Å². The molecule has 0 radical (unpaired) electrons. The van der Waals surface area contributed by atoms with Crippen LogP contribution in [0.25, 0.3) is 12.2 Å². The average molecular weight is 438 g/mol. The molecule has 0 unspecified atom stereocenters. The molecule has 0 saturated heterocycles. The average Bonchev–Trinajstić information content (AvgIpc) is 3.56. The zero-order valence-corrected chi connectivity index (χ0v) is 18.3. The third-order valence-electron chi connectivity index (χ3n) is 5.55. The number of aliphatic imine (C=N–C) groups is 3. The number of methoxy groups -OCH3 is 1. The van der Waals surface area contributed by atoms with Crippen LogP contribution in [0.4, 0.5) is 0 Å². The van der Waals surface area contributed by atoms with Crippen LogP contribution in [0.3, 0.4) is 0 Å². The standard InChI is InChI=1S/C26H22N4O3/c1-15(31)26-22(9-10-25(32)33-2)23-13-20-7-5-18(28-20)11-16-3-4-17(27-16)12-19-6-8-21(29-19)14-24(26)30-23/h3-8,11-14,27,31H,9-10H2,1-2H3/b16-11?,17-12?,20-13?,21-14?,26-15+. The number of nitrogens with one attached hydrogen (secondary N) is 1. The van der Waals surface area contributed by atoms with Crippen LogP contribution in [0.15, 0.2) is 97.6 Å². The first-order valence-corrected chi connectivity index (χ1v) is 10.6. The number of aromatic nitrogens is 1. The lowest BCUT2D eigenvalue weighted by molar-refractivity contribution is -0.140. The van der Waals surface area contributed by atoms with E-state index in [0.29, 0.717) is 23.4 Å². The van der Waals surface area contributed by atoms with Gasteiger partial charge < -0.3 is 14.8 Å². The number of fused-ring (bicyclic) bond motifs is 5. The van der Waals surface area contributed by atoms with Crippen LogP contribution >= 0.6 is 0 Å². The van der Waals surface area contributed by atoms with Gasteiger partial charge in [0.15, 0.2) is 0 Å². The van der Waals surface area contributed by atoms with Crippen LogP contribution in [0.2, 0.25) is 0 Å². The van der Waals surface area contributed by atoms with E-state index in [2.05, 4.69) is 15.0 Å². The molecule has 5 rings (SSSR count). The van der Waals surface area contributed by atoms with Gasteiger partial charge in [-0.25, -0.2) is 15.0 Å². The molecule has 0 amide bonds. The summed E-state index contributed by atoms with van der Waals surface area (Å²) in [5.41, 5.74) is 5.73. The number of ether oxygens (including phenoxy) is 1. The van der Waals surface area contributed by atoms with Crippen molar-refractivity contribution in [3.63, 3.8) is 0 Å². The van der Waals surface area contributed by atoms with E-state index in [1.165, 1.54) is 7.11 Å². The molecule has 7 heteroatoms. The Labute approximate surface area is 190 Å². The molecule has 8 bridgehead atoms. The zero-order chi connectivity index (χ0) is 22.9. The van der Waals surface area contributed by atoms with Gasteiger partial charge in [-0.05, 0) is 79.7 Å². The predicted octanol–water partition coefficient (Wildman–Crippen LogP) is 2.87. The molecule has 7 nitrogen and oxygen atoms in total. The van der Waals surface area contributed by atoms with Gasteiger partial charge in [-0.3, -0.25) is 4.79 Å². The molecular weight excluding hydrogens is 416 g/mol. The normalized spacial score (nSPS) is 19.9. The highest BCUT2D eigenvalue weighted by molar-refractivity contribution is 6.21. The Morgan fingerprint density at radius 3 is 2.18 bits per heavy atom. The maximum absolute atomic E-state index is 11.8. The van der Waals surface area contributed by atoms with Crippen LogP contribution in [0, 0.1) is 0 Å². The van der Waals surface area contributed by atoms with Crippen molar-refractivity contribution in [3.8, 4) is 0 Å². The minimum atomic E-state index is -0.320. The second kappa shape index (κ2) is 8.35. The number of carbonyl (C=O) groups is 1. The second-order valence-corrected chi connectivity index (χ2v) is 7.93. The lowest BCUT2D eigenvalue weighted by Crippen LogP contribution is -2.12. The summed E-state index contributed by atoms with van der Waals surface area (Å²) in [6.07, 6.45) is 15.9. The number of aromatic amines is 1. The van der Waals surface area contributed by atoms with Gasteiger partial charge in [0.05, 0.1) is 47.1 Å². The summed E-state index contributed by atoms with van der Waals surface area (Å²) in [6.45, 7) is 1.62. The summed E-state index contributed by atoms with van der Waals surface area (Å²) in [5.74, 6) is -0.188. The van der Waals surface area contributed by atoms with Crippen LogP contribution in [-0.2, 0) is 9.53 Å². The number of aliphatic hydroxyl groups is 1. The van der Waals surface area contributed by atoms with Crippen molar-refractivity contribution >= 4 is 35.3 Å². The lowest BCUT2D eigenvalue weighted by Gasteiger charge is -2.08. The summed E-state index contributed by atoms with van der Waals surface area (Å²) >= 11 is 0. The third-order valence-corrected chi connectivity index (χ3v) is 5.55. The molecule has 1 aromatic heterocycles. The Hall–Kier alpha value is -4.26. The fourth-order valence-corrected chi connectivity index (χ4v) is 4.05. The molecule has 2 N–H and O–H groups in total. The van der Waals surface area contributed by atoms with Crippen molar-refractivity contribution < 1.29 is 14.6 Å². The van der Waals surface area contributed by atoms with Crippen LogP contribution in [0.1, 0.15) is 19.8 Å². The Morgan fingerprint density at radius 2 is 1.58 bits per heavy atom. The monoisotopic (exact) mass is 438 g/mol. The van der Waals surface area contributed by atoms with Crippen molar-refractivity contribution in [1.29, 1.82) is 0 Å². The van der Waals surface area contributed by atoms with Gasteiger partial charge in [-0.15, -0.1) is 0 Å². The SMILES string of the molecule is COC(=O)CCC1=C2C=C3C=CC(=N3)C=c3ccc([nH]3)=CC3=NC(=CC(=N2)/C1=C(\C)O)C=C3. The molecule has 4 aliphatic heterocycles. The molecule has 4 aliphatic rings. The fraction of sp³-hybridized carbons (Fsp3) is 0.154. The number of rotatable bonds is 3. The Balaban J connectivity index is 1.68. The quantitative estimate of drug-likeness (QED) is 0.561. The highest BCUT2D eigenvalue weighted by Gasteiger charge is 2.26. The third kappa shape index (κ3) is 4.25. The van der Waals surface area contributed by atoms with Gasteiger partial charge in [-0.2, -0.15) is 0 Å². The minimum absolute atomic E-state index is 0.132. The number of H-pyrrole nitrogens is 1. The Morgan fingerprint density at radius 1 is 0.939 bits per heavy atom. The van der Waals surface area contributed by atoms with Crippen molar-refractivity contribution in [2.45, 2.75) is 19.8 Å². The first kappa shape index (κ1) is 20.6. The smallest absolute Gasteiger partial charge is 0.305 e. The summed E-state index contributed by atoms with van der Waals surface area (Å²) in [7, 11) is 1.36. The second-order valence-electron chi connectivity index (χ2n) is 7.93. The summed E-state index contributed by atoms with van der Waals surface area (Å²) in [6, 6.07) is 4.00. The van der Waals surface area contributed by atoms with E-state index in [1.807, 2.05) is 60.7 Å². The van der Waals surface area contributed by atoms with Crippen molar-refractivity contribution in [2.75, 3.05) is 7.11 Å². The summed E-state index contributed by atoms with van der Waals surface area (Å²) in [4.78, 5) is 29.3. The maximum atomic E-state index is 11.8. The molecule has 0 atom stereocenters. The van der Waals surface area contributed by atoms with E-state index in [1.54, 1.807) is 6.92 Å². The van der Waals surface area contributed by atoms with E-state index in [-0.39, 0.29) is 18.1 Å². The number of hydrogen-bond donors (Lipinski definition) is 2. The maximum Gasteiger partial charge on any atom is 0.305 e. The van der Waals surface area contributed by atoms with Gasteiger partial charge >= 0.3 is 5.97 Å². The minimum Gasteiger partial charge on any atom is -0.512 e. The predicted molar refractivity (Wildman–Crippen MR) is 129 cm³/mol. The van der Waals surface area contributed by atoms with Gasteiger partial charge in [0.25, 0.3) is 0 Å². The largest absolute Gasteiger partial charge is 0.512 e. The summed E-state index contributed by atoms with van der Waals surface area (Å²) < 4.78 is 4.82. The number of carbonyl (C=O) groups excluding carboxylic acids is 1. The van der Waals surface area contributed by atoms with Crippen LogP contribution in [0.5, 0.6) is 0 Å². The topological polar surface area (TPSA) is 99.4 Å². The molecular formula is C26H22N4O3. The molecule has 33 heavy (non-hydrogen) atoms. The Bertz CT molecular complexity index is 1460. The zero-order valence-electron chi connectivity index (χ0n) is 18.3. The van der Waals surface area contributed by atoms with Crippen LogP contribution in [-0.4, -0.2) is 40.3 Å². The first-order chi connectivity index (χ1) is 16.0. The van der Waals surface area contributed by atoms with Gasteiger partial charge in [0.1, 0.15) is 0 Å². The molecule has 5 heterocycles. The van der Waals surface area contributed by atoms with Crippen molar-refractivity contribution in [1.82, 2.24) is 4.98 Å². The van der Waals surface area contributed by atoms with Crippen molar-refractivity contribution in [2.24, 2.45) is 15.0 Å². The van der Waals surface area contributed by atoms with Crippen LogP contribution < -0.4 is 10.7 Å². The molecule has 0 aliphatic carbocycles. The number of esters is 1. The van der Waals surface area contributed by atoms with Crippen molar-refractivity contribution in [3.05, 3.63) is 93.3 Å². The summed E-state index contributed by atoms with van der Waals surface area (Å²) in [5, 5.41) is 12.4. The van der Waals surface area contributed by atoms with E-state index < -0.39 is 0 Å². The highest BCUT2D eigenvalue weighted by atomic mass is 16.5. The van der Waals surface area contributed by atoms with E-state index in [0.717, 1.165) is 39.1 Å². The lowest BCUT2D eigenvalue weighted by atomic mass is 9.96.